The minimum atomic E-state index is -0.443. The molecule has 5 rings (SSSR count). The molecule has 0 saturated carbocycles. The van der Waals surface area contributed by atoms with Crippen molar-refractivity contribution in [1.82, 2.24) is 4.98 Å². The van der Waals surface area contributed by atoms with Gasteiger partial charge in [0.05, 0.1) is 17.1 Å². The summed E-state index contributed by atoms with van der Waals surface area (Å²) < 4.78 is 6.00. The van der Waals surface area contributed by atoms with Gasteiger partial charge in [-0.25, -0.2) is 0 Å². The van der Waals surface area contributed by atoms with Crippen LogP contribution in [0.5, 0.6) is 11.5 Å². The quantitative estimate of drug-likeness (QED) is 0.515. The molecule has 0 bridgehead atoms. The Hall–Kier alpha value is -3.66. The summed E-state index contributed by atoms with van der Waals surface area (Å²) in [6.45, 7) is 1.95. The number of ether oxygens (including phenoxy) is 1. The number of anilines is 1. The highest BCUT2D eigenvalue weighted by molar-refractivity contribution is 6.04. The number of carbonyl (C=O) groups is 1. The molecule has 1 aromatic heterocycles. The summed E-state index contributed by atoms with van der Waals surface area (Å²) in [6, 6.07) is 25.2. The van der Waals surface area contributed by atoms with Gasteiger partial charge in [0.1, 0.15) is 11.5 Å². The predicted octanol–water partition coefficient (Wildman–Crippen LogP) is 5.42. The highest BCUT2D eigenvalue weighted by Gasteiger charge is 2.32. The largest absolute Gasteiger partial charge is 0.457 e. The third kappa shape index (κ3) is 2.70. The number of benzene rings is 3. The first-order valence-corrected chi connectivity index (χ1v) is 9.24. The molecule has 1 aliphatic rings. The highest BCUT2D eigenvalue weighted by atomic mass is 16.5. The maximum absolute atomic E-state index is 13.4. The van der Waals surface area contributed by atoms with Gasteiger partial charge in [-0.2, -0.15) is 0 Å². The second kappa shape index (κ2) is 6.50. The minimum Gasteiger partial charge on any atom is -0.457 e. The third-order valence-electron chi connectivity index (χ3n) is 5.06. The number of hydrogen-bond acceptors (Lipinski definition) is 3. The molecule has 4 heteroatoms. The third-order valence-corrected chi connectivity index (χ3v) is 5.06. The summed E-state index contributed by atoms with van der Waals surface area (Å²) in [4.78, 5) is 18.1. The maximum Gasteiger partial charge on any atom is 0.236 e. The zero-order valence-corrected chi connectivity index (χ0v) is 15.3. The minimum absolute atomic E-state index is 0.0981. The first-order chi connectivity index (χ1) is 13.7. The second-order valence-corrected chi connectivity index (χ2v) is 6.93. The van der Waals surface area contributed by atoms with E-state index in [1.807, 2.05) is 85.8 Å². The van der Waals surface area contributed by atoms with E-state index in [1.54, 1.807) is 0 Å². The number of nitrogens with zero attached hydrogens (tertiary/aromatic N) is 1. The Labute approximate surface area is 162 Å². The van der Waals surface area contributed by atoms with E-state index in [0.29, 0.717) is 17.2 Å². The predicted molar refractivity (Wildman–Crippen MR) is 110 cm³/mol. The number of amides is 1. The summed E-state index contributed by atoms with van der Waals surface area (Å²) in [7, 11) is 0. The SMILES string of the molecule is Cc1ccc2cccc(NC(=O)C3c4ccccc4Oc4ccccc43)c2n1. The van der Waals surface area contributed by atoms with E-state index in [0.717, 1.165) is 27.7 Å². The van der Waals surface area contributed by atoms with E-state index in [9.17, 15) is 4.79 Å². The van der Waals surface area contributed by atoms with Gasteiger partial charge < -0.3 is 10.1 Å². The number of carbonyl (C=O) groups excluding carboxylic acids is 1. The first kappa shape index (κ1) is 16.5. The molecule has 1 N–H and O–H groups in total. The number of fused-ring (bicyclic) bond motifs is 3. The van der Waals surface area contributed by atoms with Gasteiger partial charge >= 0.3 is 0 Å². The van der Waals surface area contributed by atoms with Crippen molar-refractivity contribution in [1.29, 1.82) is 0 Å². The summed E-state index contributed by atoms with van der Waals surface area (Å²) in [6.07, 6.45) is 0. The van der Waals surface area contributed by atoms with Crippen molar-refractivity contribution in [2.75, 3.05) is 5.32 Å². The van der Waals surface area contributed by atoms with Crippen molar-refractivity contribution in [2.45, 2.75) is 12.8 Å². The number of nitrogens with one attached hydrogen (secondary N) is 1. The Morgan fingerprint density at radius 3 is 2.25 bits per heavy atom. The Bertz CT molecular complexity index is 1170. The lowest BCUT2D eigenvalue weighted by Gasteiger charge is -2.27. The van der Waals surface area contributed by atoms with Crippen molar-refractivity contribution in [3.8, 4) is 11.5 Å². The van der Waals surface area contributed by atoms with Gasteiger partial charge in [-0.1, -0.05) is 54.6 Å². The number of aryl methyl sites for hydroxylation is 1. The average molecular weight is 366 g/mol. The van der Waals surface area contributed by atoms with Crippen molar-refractivity contribution < 1.29 is 9.53 Å². The van der Waals surface area contributed by atoms with Crippen LogP contribution in [0, 0.1) is 6.92 Å². The normalized spacial score (nSPS) is 12.8. The van der Waals surface area contributed by atoms with Crippen LogP contribution in [0.4, 0.5) is 5.69 Å². The fraction of sp³-hybridized carbons (Fsp3) is 0.0833. The average Bonchev–Trinajstić information content (AvgIpc) is 2.72. The molecular formula is C24H18N2O2. The van der Waals surface area contributed by atoms with Gasteiger partial charge in [-0.05, 0) is 31.2 Å². The maximum atomic E-state index is 13.4. The lowest BCUT2D eigenvalue weighted by atomic mass is 9.87. The van der Waals surface area contributed by atoms with E-state index in [-0.39, 0.29) is 5.91 Å². The van der Waals surface area contributed by atoms with Crippen LogP contribution in [-0.2, 0) is 4.79 Å². The molecule has 0 saturated heterocycles. The van der Waals surface area contributed by atoms with E-state index < -0.39 is 5.92 Å². The first-order valence-electron chi connectivity index (χ1n) is 9.24. The molecule has 0 unspecified atom stereocenters. The molecule has 4 nitrogen and oxygen atoms in total. The van der Waals surface area contributed by atoms with Crippen LogP contribution < -0.4 is 10.1 Å². The van der Waals surface area contributed by atoms with Crippen LogP contribution in [-0.4, -0.2) is 10.9 Å². The molecule has 0 fully saturated rings. The summed E-state index contributed by atoms with van der Waals surface area (Å²) in [5.41, 5.74) is 4.15. The van der Waals surface area contributed by atoms with Crippen LogP contribution in [0.3, 0.4) is 0 Å². The summed E-state index contributed by atoms with van der Waals surface area (Å²) in [5, 5.41) is 4.10. The standard InChI is InChI=1S/C24H18N2O2/c1-15-13-14-16-7-6-10-19(23(16)25-15)26-24(27)22-17-8-2-4-11-20(17)28-21-12-5-3-9-18(21)22/h2-14,22H,1H3,(H,26,27). The van der Waals surface area contributed by atoms with Gasteiger partial charge in [0.2, 0.25) is 5.91 Å². The number of rotatable bonds is 2. The number of para-hydroxylation sites is 3. The molecule has 0 spiro atoms. The van der Waals surface area contributed by atoms with Gasteiger partial charge in [-0.15, -0.1) is 0 Å². The van der Waals surface area contributed by atoms with E-state index in [1.165, 1.54) is 0 Å². The van der Waals surface area contributed by atoms with Crippen LogP contribution in [0.15, 0.2) is 78.9 Å². The molecule has 1 aliphatic heterocycles. The molecule has 28 heavy (non-hydrogen) atoms. The molecular weight excluding hydrogens is 348 g/mol. The molecule has 0 atom stereocenters. The smallest absolute Gasteiger partial charge is 0.236 e. The number of hydrogen-bond donors (Lipinski definition) is 1. The van der Waals surface area contributed by atoms with Gasteiger partial charge in [0.25, 0.3) is 0 Å². The zero-order chi connectivity index (χ0) is 19.1. The van der Waals surface area contributed by atoms with Crippen LogP contribution >= 0.6 is 0 Å². The van der Waals surface area contributed by atoms with E-state index in [2.05, 4.69) is 10.3 Å². The van der Waals surface area contributed by atoms with Gasteiger partial charge in [0.15, 0.2) is 0 Å². The van der Waals surface area contributed by atoms with Crippen LogP contribution in [0.2, 0.25) is 0 Å². The van der Waals surface area contributed by atoms with Crippen molar-refractivity contribution in [3.63, 3.8) is 0 Å². The molecule has 1 amide bonds. The lowest BCUT2D eigenvalue weighted by molar-refractivity contribution is -0.116. The molecule has 0 radical (unpaired) electrons. The lowest BCUT2D eigenvalue weighted by Crippen LogP contribution is -2.25. The van der Waals surface area contributed by atoms with Crippen molar-refractivity contribution in [3.05, 3.63) is 95.7 Å². The Morgan fingerprint density at radius 2 is 1.54 bits per heavy atom. The zero-order valence-electron chi connectivity index (χ0n) is 15.3. The van der Waals surface area contributed by atoms with Crippen LogP contribution in [0.25, 0.3) is 10.9 Å². The van der Waals surface area contributed by atoms with Gasteiger partial charge in [0, 0.05) is 22.2 Å². The van der Waals surface area contributed by atoms with Crippen molar-refractivity contribution >= 4 is 22.5 Å². The number of aromatic nitrogens is 1. The Balaban J connectivity index is 1.59. The monoisotopic (exact) mass is 366 g/mol. The van der Waals surface area contributed by atoms with Crippen molar-refractivity contribution in [2.24, 2.45) is 0 Å². The highest BCUT2D eigenvalue weighted by Crippen LogP contribution is 2.44. The van der Waals surface area contributed by atoms with Crippen LogP contribution in [0.1, 0.15) is 22.7 Å². The molecule has 2 heterocycles. The van der Waals surface area contributed by atoms with Gasteiger partial charge in [-0.3, -0.25) is 9.78 Å². The Morgan fingerprint density at radius 1 is 0.857 bits per heavy atom. The molecule has 3 aromatic carbocycles. The molecule has 4 aromatic rings. The number of pyridine rings is 1. The van der Waals surface area contributed by atoms with E-state index in [4.69, 9.17) is 4.74 Å². The fourth-order valence-electron chi connectivity index (χ4n) is 3.74. The fourth-order valence-corrected chi connectivity index (χ4v) is 3.74. The molecule has 0 aliphatic carbocycles. The summed E-state index contributed by atoms with van der Waals surface area (Å²) >= 11 is 0. The second-order valence-electron chi connectivity index (χ2n) is 6.93. The topological polar surface area (TPSA) is 51.2 Å². The Kier molecular flexibility index (Phi) is 3.83. The van der Waals surface area contributed by atoms with E-state index >= 15 is 0 Å². The summed E-state index contributed by atoms with van der Waals surface area (Å²) in [5.74, 6) is 0.890. The molecule has 136 valence electrons.